The zero-order valence-corrected chi connectivity index (χ0v) is 18.1. The van der Waals surface area contributed by atoms with Crippen molar-refractivity contribution < 1.29 is 36.6 Å². The lowest BCUT2D eigenvalue weighted by Crippen LogP contribution is -2.40. The van der Waals surface area contributed by atoms with Gasteiger partial charge >= 0.3 is 12.5 Å². The SMILES string of the molecule is O=C(OCc1ccc(OC(F)(F)F)cc1)N1CC2CN(C(=O)c3ccc4n[nH]nc4c3)CC2(F)C1. The summed E-state index contributed by atoms with van der Waals surface area (Å²) in [4.78, 5) is 28.0. The van der Waals surface area contributed by atoms with Crippen LogP contribution in [0.1, 0.15) is 15.9 Å². The molecule has 2 aromatic carbocycles. The second kappa shape index (κ2) is 8.40. The molecule has 3 aromatic rings. The lowest BCUT2D eigenvalue weighted by molar-refractivity contribution is -0.274. The fourth-order valence-corrected chi connectivity index (χ4v) is 4.46. The van der Waals surface area contributed by atoms with Crippen LogP contribution in [0.4, 0.5) is 22.4 Å². The highest BCUT2D eigenvalue weighted by Crippen LogP contribution is 2.39. The zero-order chi connectivity index (χ0) is 24.8. The fourth-order valence-electron chi connectivity index (χ4n) is 4.46. The van der Waals surface area contributed by atoms with Gasteiger partial charge in [-0.3, -0.25) is 4.79 Å². The van der Waals surface area contributed by atoms with E-state index in [4.69, 9.17) is 4.74 Å². The van der Waals surface area contributed by atoms with Gasteiger partial charge in [0.25, 0.3) is 5.91 Å². The smallest absolute Gasteiger partial charge is 0.445 e. The molecule has 5 rings (SSSR count). The number of amides is 2. The van der Waals surface area contributed by atoms with Crippen molar-refractivity contribution in [3.8, 4) is 5.75 Å². The number of hydrogen-bond donors (Lipinski definition) is 1. The summed E-state index contributed by atoms with van der Waals surface area (Å²) in [6.07, 6.45) is -5.53. The molecule has 2 aliphatic heterocycles. The van der Waals surface area contributed by atoms with Gasteiger partial charge in [0.15, 0.2) is 5.67 Å². The molecule has 1 N–H and O–H groups in total. The molecule has 0 aliphatic carbocycles. The van der Waals surface area contributed by atoms with E-state index in [0.29, 0.717) is 22.2 Å². The Bertz CT molecular complexity index is 1260. The number of H-pyrrole nitrogens is 1. The van der Waals surface area contributed by atoms with Crippen LogP contribution in [0.25, 0.3) is 11.0 Å². The van der Waals surface area contributed by atoms with Crippen molar-refractivity contribution in [3.63, 3.8) is 0 Å². The van der Waals surface area contributed by atoms with Gasteiger partial charge in [0.05, 0.1) is 13.1 Å². The highest BCUT2D eigenvalue weighted by Gasteiger charge is 2.55. The van der Waals surface area contributed by atoms with Crippen molar-refractivity contribution in [2.45, 2.75) is 18.6 Å². The molecule has 9 nitrogen and oxygen atoms in total. The number of rotatable bonds is 4. The molecule has 2 amide bonds. The summed E-state index contributed by atoms with van der Waals surface area (Å²) >= 11 is 0. The van der Waals surface area contributed by atoms with Gasteiger partial charge in [-0.15, -0.1) is 13.2 Å². The number of hydrogen-bond acceptors (Lipinski definition) is 6. The van der Waals surface area contributed by atoms with Gasteiger partial charge in [-0.2, -0.15) is 15.4 Å². The average molecular weight is 493 g/mol. The Labute approximate surface area is 195 Å². The van der Waals surface area contributed by atoms with Gasteiger partial charge in [-0.05, 0) is 35.9 Å². The van der Waals surface area contributed by atoms with Crippen LogP contribution in [0.2, 0.25) is 0 Å². The number of ether oxygens (including phenoxy) is 2. The second-order valence-corrected chi connectivity index (χ2v) is 8.57. The number of likely N-dealkylation sites (tertiary alicyclic amines) is 2. The van der Waals surface area contributed by atoms with Crippen LogP contribution in [-0.4, -0.2) is 75.4 Å². The third kappa shape index (κ3) is 4.70. The number of aromatic amines is 1. The number of benzene rings is 2. The van der Waals surface area contributed by atoms with Gasteiger partial charge in [-0.1, -0.05) is 12.1 Å². The fraction of sp³-hybridized carbons (Fsp3) is 0.364. The van der Waals surface area contributed by atoms with Crippen LogP contribution < -0.4 is 4.74 Å². The van der Waals surface area contributed by atoms with E-state index in [2.05, 4.69) is 20.1 Å². The van der Waals surface area contributed by atoms with E-state index in [-0.39, 0.29) is 44.4 Å². The molecule has 2 atom stereocenters. The van der Waals surface area contributed by atoms with Crippen molar-refractivity contribution in [2.75, 3.05) is 26.2 Å². The van der Waals surface area contributed by atoms with Crippen LogP contribution in [0, 0.1) is 5.92 Å². The van der Waals surface area contributed by atoms with Gasteiger partial charge in [-0.25, -0.2) is 9.18 Å². The first kappa shape index (κ1) is 22.9. The molecule has 2 aliphatic rings. The Kier molecular flexibility index (Phi) is 5.49. The molecule has 0 bridgehead atoms. The average Bonchev–Trinajstić information content (AvgIpc) is 3.48. The third-order valence-electron chi connectivity index (χ3n) is 6.15. The first-order valence-corrected chi connectivity index (χ1v) is 10.6. The second-order valence-electron chi connectivity index (χ2n) is 8.57. The van der Waals surface area contributed by atoms with Gasteiger partial charge in [0.1, 0.15) is 23.4 Å². The molecular formula is C22H19F4N5O4. The van der Waals surface area contributed by atoms with Gasteiger partial charge in [0.2, 0.25) is 0 Å². The zero-order valence-electron chi connectivity index (χ0n) is 18.1. The molecule has 1 aromatic heterocycles. The molecule has 2 saturated heterocycles. The predicted molar refractivity (Wildman–Crippen MR) is 112 cm³/mol. The number of aromatic nitrogens is 3. The quantitative estimate of drug-likeness (QED) is 0.560. The van der Waals surface area contributed by atoms with E-state index < -0.39 is 24.0 Å². The molecule has 35 heavy (non-hydrogen) atoms. The topological polar surface area (TPSA) is 101 Å². The van der Waals surface area contributed by atoms with Crippen molar-refractivity contribution in [1.29, 1.82) is 0 Å². The summed E-state index contributed by atoms with van der Waals surface area (Å²) in [6, 6.07) is 9.75. The van der Waals surface area contributed by atoms with Crippen LogP contribution in [0.5, 0.6) is 5.75 Å². The van der Waals surface area contributed by atoms with E-state index in [1.54, 1.807) is 18.2 Å². The number of alkyl halides is 4. The summed E-state index contributed by atoms with van der Waals surface area (Å²) in [5.41, 5.74) is 0.202. The first-order valence-electron chi connectivity index (χ1n) is 10.6. The number of nitrogens with zero attached hydrogens (tertiary/aromatic N) is 4. The summed E-state index contributed by atoms with van der Waals surface area (Å²) in [6.45, 7) is -0.337. The standard InChI is InChI=1S/C22H19F4N5O4/c23-21-11-30(19(32)14-3-6-17-18(7-14)28-29-27-17)8-15(21)9-31(12-21)20(33)34-10-13-1-4-16(5-2-13)35-22(24,25)26/h1-7,15H,8-12H2,(H,27,28,29). The Hall–Kier alpha value is -3.90. The first-order chi connectivity index (χ1) is 16.6. The van der Waals surface area contributed by atoms with Crippen LogP contribution >= 0.6 is 0 Å². The van der Waals surface area contributed by atoms with Crippen LogP contribution in [0.3, 0.4) is 0 Å². The minimum Gasteiger partial charge on any atom is -0.445 e. The number of fused-ring (bicyclic) bond motifs is 2. The summed E-state index contributed by atoms with van der Waals surface area (Å²) in [5.74, 6) is -1.28. The lowest BCUT2D eigenvalue weighted by Gasteiger charge is -2.23. The maximum Gasteiger partial charge on any atom is 0.573 e. The lowest BCUT2D eigenvalue weighted by atomic mass is 9.97. The molecule has 13 heteroatoms. The highest BCUT2D eigenvalue weighted by molar-refractivity contribution is 5.97. The minimum atomic E-state index is -4.80. The predicted octanol–water partition coefficient (Wildman–Crippen LogP) is 3.29. The van der Waals surface area contributed by atoms with E-state index >= 15 is 4.39 Å². The number of carbonyl (C=O) groups is 2. The Morgan fingerprint density at radius 1 is 1.03 bits per heavy atom. The summed E-state index contributed by atoms with van der Waals surface area (Å²) < 4.78 is 61.3. The normalized spacial score (nSPS) is 21.9. The van der Waals surface area contributed by atoms with Gasteiger partial charge in [0, 0.05) is 24.6 Å². The van der Waals surface area contributed by atoms with E-state index in [1.165, 1.54) is 21.9 Å². The molecule has 3 heterocycles. The van der Waals surface area contributed by atoms with Crippen molar-refractivity contribution in [1.82, 2.24) is 25.2 Å². The molecule has 184 valence electrons. The largest absolute Gasteiger partial charge is 0.573 e. The Balaban J connectivity index is 1.15. The van der Waals surface area contributed by atoms with Crippen LogP contribution in [-0.2, 0) is 11.3 Å². The monoisotopic (exact) mass is 493 g/mol. The maximum atomic E-state index is 15.6. The number of nitrogens with one attached hydrogen (secondary N) is 1. The number of halogens is 4. The molecule has 0 spiro atoms. The maximum absolute atomic E-state index is 15.6. The van der Waals surface area contributed by atoms with Crippen molar-refractivity contribution >= 4 is 23.0 Å². The molecule has 0 radical (unpaired) electrons. The summed E-state index contributed by atoms with van der Waals surface area (Å²) in [7, 11) is 0. The third-order valence-corrected chi connectivity index (χ3v) is 6.15. The molecule has 2 fully saturated rings. The Morgan fingerprint density at radius 3 is 2.43 bits per heavy atom. The van der Waals surface area contributed by atoms with E-state index in [9.17, 15) is 22.8 Å². The van der Waals surface area contributed by atoms with Gasteiger partial charge < -0.3 is 19.3 Å². The Morgan fingerprint density at radius 2 is 1.71 bits per heavy atom. The molecule has 0 saturated carbocycles. The van der Waals surface area contributed by atoms with Crippen LogP contribution in [0.15, 0.2) is 42.5 Å². The van der Waals surface area contributed by atoms with E-state index in [0.717, 1.165) is 12.1 Å². The molecule has 2 unspecified atom stereocenters. The summed E-state index contributed by atoms with van der Waals surface area (Å²) in [5, 5.41) is 10.4. The number of carbonyl (C=O) groups excluding carboxylic acids is 2. The van der Waals surface area contributed by atoms with E-state index in [1.807, 2.05) is 0 Å². The highest BCUT2D eigenvalue weighted by atomic mass is 19.4. The minimum absolute atomic E-state index is 0.0831. The van der Waals surface area contributed by atoms with Crippen molar-refractivity contribution in [2.24, 2.45) is 5.92 Å². The van der Waals surface area contributed by atoms with Crippen molar-refractivity contribution in [3.05, 3.63) is 53.6 Å². The molecular weight excluding hydrogens is 474 g/mol.